The molecule has 0 atom stereocenters. The van der Waals surface area contributed by atoms with Gasteiger partial charge in [-0.25, -0.2) is 4.99 Å². The third-order valence-electron chi connectivity index (χ3n) is 6.79. The Hall–Kier alpha value is -1.56. The van der Waals surface area contributed by atoms with Crippen molar-refractivity contribution in [2.75, 3.05) is 26.2 Å². The fourth-order valence-corrected chi connectivity index (χ4v) is 4.98. The lowest BCUT2D eigenvalue weighted by Crippen LogP contribution is -2.59. The van der Waals surface area contributed by atoms with Crippen molar-refractivity contribution < 1.29 is 0 Å². The second-order valence-corrected chi connectivity index (χ2v) is 8.65. The van der Waals surface area contributed by atoms with E-state index >= 15 is 0 Å². The van der Waals surface area contributed by atoms with E-state index in [4.69, 9.17) is 4.99 Å². The summed E-state index contributed by atoms with van der Waals surface area (Å²) >= 11 is 0. The average molecular weight is 389 g/mol. The summed E-state index contributed by atoms with van der Waals surface area (Å²) in [6.45, 7) is 11.4. The van der Waals surface area contributed by atoms with Crippen LogP contribution >= 0.6 is 0 Å². The van der Waals surface area contributed by atoms with Gasteiger partial charge in [0.2, 0.25) is 0 Å². The van der Waals surface area contributed by atoms with Gasteiger partial charge in [-0.2, -0.15) is 5.10 Å². The molecular formula is C22H40N6. The number of aliphatic imine (C=N–C) groups is 1. The molecule has 28 heavy (non-hydrogen) atoms. The maximum atomic E-state index is 4.90. The van der Waals surface area contributed by atoms with Crippen LogP contribution < -0.4 is 10.6 Å². The molecule has 1 aliphatic carbocycles. The lowest BCUT2D eigenvalue weighted by atomic mass is 9.79. The van der Waals surface area contributed by atoms with Gasteiger partial charge in [0.1, 0.15) is 0 Å². The van der Waals surface area contributed by atoms with E-state index in [9.17, 15) is 0 Å². The van der Waals surface area contributed by atoms with Crippen LogP contribution in [0.15, 0.2) is 4.99 Å². The molecule has 1 aliphatic heterocycles. The normalized spacial score (nSPS) is 20.9. The van der Waals surface area contributed by atoms with Crippen LogP contribution in [0, 0.1) is 13.8 Å². The third-order valence-corrected chi connectivity index (χ3v) is 6.79. The van der Waals surface area contributed by atoms with E-state index in [-0.39, 0.29) is 0 Å². The molecule has 1 aromatic rings. The predicted octanol–water partition coefficient (Wildman–Crippen LogP) is 3.28. The fraction of sp³-hybridized carbons (Fsp3) is 0.818. The van der Waals surface area contributed by atoms with E-state index in [0.717, 1.165) is 24.7 Å². The number of aryl methyl sites for hydroxylation is 2. The summed E-state index contributed by atoms with van der Waals surface area (Å²) in [5, 5.41) is 11.7. The largest absolute Gasteiger partial charge is 0.357 e. The van der Waals surface area contributed by atoms with E-state index in [1.54, 1.807) is 0 Å². The van der Waals surface area contributed by atoms with E-state index < -0.39 is 0 Å². The highest BCUT2D eigenvalue weighted by Gasteiger charge is 2.38. The molecule has 1 saturated heterocycles. The zero-order chi connectivity index (χ0) is 20.0. The molecule has 0 amide bonds. The van der Waals surface area contributed by atoms with Gasteiger partial charge in [0.15, 0.2) is 5.96 Å². The Balaban J connectivity index is 1.69. The van der Waals surface area contributed by atoms with Crippen molar-refractivity contribution in [3.05, 3.63) is 17.0 Å². The summed E-state index contributed by atoms with van der Waals surface area (Å²) in [5.74, 6) is 0.937. The van der Waals surface area contributed by atoms with Crippen molar-refractivity contribution in [1.29, 1.82) is 0 Å². The van der Waals surface area contributed by atoms with Crippen molar-refractivity contribution in [2.45, 2.75) is 84.2 Å². The number of aromatic nitrogens is 2. The van der Waals surface area contributed by atoms with Gasteiger partial charge in [-0.05, 0) is 59.5 Å². The van der Waals surface area contributed by atoms with Crippen molar-refractivity contribution in [1.82, 2.24) is 25.3 Å². The monoisotopic (exact) mass is 388 g/mol. The van der Waals surface area contributed by atoms with E-state index in [0.29, 0.717) is 12.1 Å². The van der Waals surface area contributed by atoms with Crippen LogP contribution in [0.25, 0.3) is 0 Å². The predicted molar refractivity (Wildman–Crippen MR) is 117 cm³/mol. The second-order valence-electron chi connectivity index (χ2n) is 8.65. The lowest BCUT2D eigenvalue weighted by molar-refractivity contribution is 0.0368. The molecule has 1 saturated carbocycles. The topological polar surface area (TPSA) is 57.5 Å². The van der Waals surface area contributed by atoms with Gasteiger partial charge in [-0.1, -0.05) is 25.7 Å². The Morgan fingerprint density at radius 2 is 1.71 bits per heavy atom. The van der Waals surface area contributed by atoms with Gasteiger partial charge in [0.25, 0.3) is 0 Å². The molecule has 2 heterocycles. The van der Waals surface area contributed by atoms with E-state index in [1.165, 1.54) is 75.7 Å². The van der Waals surface area contributed by atoms with Gasteiger partial charge in [-0.15, -0.1) is 0 Å². The van der Waals surface area contributed by atoms with Gasteiger partial charge >= 0.3 is 0 Å². The van der Waals surface area contributed by atoms with Gasteiger partial charge in [0.05, 0.1) is 12.2 Å². The standard InChI is InChI=1S/C22H40N6/c1-5-23-21(24-16-20-18(2)26-27(4)19(20)3)25-17-22(12-8-6-9-13-22)28-14-10-7-11-15-28/h5-17H2,1-4H3,(H2,23,24,25). The highest BCUT2D eigenvalue weighted by Crippen LogP contribution is 2.35. The number of nitrogens with zero attached hydrogens (tertiary/aromatic N) is 4. The number of hydrogen-bond donors (Lipinski definition) is 2. The molecule has 0 bridgehead atoms. The Kier molecular flexibility index (Phi) is 7.38. The zero-order valence-electron chi connectivity index (χ0n) is 18.5. The lowest BCUT2D eigenvalue weighted by Gasteiger charge is -2.48. The van der Waals surface area contributed by atoms with Gasteiger partial charge in [-0.3, -0.25) is 9.58 Å². The first-order valence-corrected chi connectivity index (χ1v) is 11.3. The number of nitrogens with one attached hydrogen (secondary N) is 2. The first-order valence-electron chi connectivity index (χ1n) is 11.3. The fourth-order valence-electron chi connectivity index (χ4n) is 4.98. The molecule has 2 fully saturated rings. The number of hydrogen-bond acceptors (Lipinski definition) is 3. The van der Waals surface area contributed by atoms with E-state index in [1.807, 2.05) is 11.7 Å². The third kappa shape index (κ3) is 4.88. The molecule has 3 rings (SSSR count). The maximum absolute atomic E-state index is 4.90. The van der Waals surface area contributed by atoms with Crippen LogP contribution in [-0.2, 0) is 13.6 Å². The minimum absolute atomic E-state index is 0.314. The quantitative estimate of drug-likeness (QED) is 0.580. The van der Waals surface area contributed by atoms with Crippen molar-refractivity contribution >= 4 is 5.96 Å². The summed E-state index contributed by atoms with van der Waals surface area (Å²) in [6, 6.07) is 0. The summed E-state index contributed by atoms with van der Waals surface area (Å²) in [6.07, 6.45) is 10.9. The first kappa shape index (κ1) is 21.2. The molecule has 6 nitrogen and oxygen atoms in total. The highest BCUT2D eigenvalue weighted by atomic mass is 15.3. The molecular weight excluding hydrogens is 348 g/mol. The minimum atomic E-state index is 0.314. The van der Waals surface area contributed by atoms with Crippen LogP contribution in [-0.4, -0.2) is 52.4 Å². The van der Waals surface area contributed by atoms with Crippen LogP contribution in [0.1, 0.15) is 75.2 Å². The average Bonchev–Trinajstić information content (AvgIpc) is 2.97. The molecule has 0 aromatic carbocycles. The molecule has 0 radical (unpaired) electrons. The molecule has 6 heteroatoms. The molecule has 158 valence electrons. The number of guanidine groups is 1. The number of rotatable bonds is 6. The SMILES string of the molecule is CCNC(=NCc1c(C)nn(C)c1C)NCC1(N2CCCCC2)CCCCC1. The molecule has 0 spiro atoms. The van der Waals surface area contributed by atoms with Gasteiger partial charge in [0, 0.05) is 36.9 Å². The summed E-state index contributed by atoms with van der Waals surface area (Å²) < 4.78 is 1.95. The van der Waals surface area contributed by atoms with Crippen molar-refractivity contribution in [3.8, 4) is 0 Å². The maximum Gasteiger partial charge on any atom is 0.191 e. The van der Waals surface area contributed by atoms with Crippen molar-refractivity contribution in [2.24, 2.45) is 12.0 Å². The summed E-state index contributed by atoms with van der Waals surface area (Å²) in [5.41, 5.74) is 3.84. The molecule has 0 unspecified atom stereocenters. The van der Waals surface area contributed by atoms with Crippen LogP contribution in [0.4, 0.5) is 0 Å². The number of likely N-dealkylation sites (tertiary alicyclic amines) is 1. The van der Waals surface area contributed by atoms with Crippen molar-refractivity contribution in [3.63, 3.8) is 0 Å². The minimum Gasteiger partial charge on any atom is -0.357 e. The zero-order valence-corrected chi connectivity index (χ0v) is 18.5. The van der Waals surface area contributed by atoms with Crippen LogP contribution in [0.2, 0.25) is 0 Å². The van der Waals surface area contributed by atoms with Crippen LogP contribution in [0.3, 0.4) is 0 Å². The number of piperidine rings is 1. The van der Waals surface area contributed by atoms with E-state index in [2.05, 4.69) is 41.4 Å². The highest BCUT2D eigenvalue weighted by molar-refractivity contribution is 5.79. The Morgan fingerprint density at radius 1 is 1.04 bits per heavy atom. The smallest absolute Gasteiger partial charge is 0.191 e. The first-order chi connectivity index (χ1) is 13.6. The Bertz CT molecular complexity index is 650. The summed E-state index contributed by atoms with van der Waals surface area (Å²) in [4.78, 5) is 7.70. The molecule has 2 N–H and O–H groups in total. The van der Waals surface area contributed by atoms with Gasteiger partial charge < -0.3 is 10.6 Å². The Morgan fingerprint density at radius 3 is 2.32 bits per heavy atom. The second kappa shape index (κ2) is 9.77. The molecule has 2 aliphatic rings. The Labute approximate surface area is 171 Å². The van der Waals surface area contributed by atoms with Crippen LogP contribution in [0.5, 0.6) is 0 Å². The molecule has 1 aromatic heterocycles. The summed E-state index contributed by atoms with van der Waals surface area (Å²) in [7, 11) is 2.00.